The fourth-order valence-corrected chi connectivity index (χ4v) is 1.90. The number of benzene rings is 1. The summed E-state index contributed by atoms with van der Waals surface area (Å²) in [5.41, 5.74) is 7.53. The molecule has 0 radical (unpaired) electrons. The van der Waals surface area contributed by atoms with Crippen molar-refractivity contribution in [2.45, 2.75) is 13.3 Å². The molecule has 2 rings (SSSR count). The molecule has 2 aromatic rings. The van der Waals surface area contributed by atoms with Gasteiger partial charge >= 0.3 is 0 Å². The minimum Gasteiger partial charge on any atom is -0.399 e. The van der Waals surface area contributed by atoms with Gasteiger partial charge in [0.05, 0.1) is 5.69 Å². The lowest BCUT2D eigenvalue weighted by Crippen LogP contribution is -2.29. The number of rotatable bonds is 6. The van der Waals surface area contributed by atoms with Crippen LogP contribution >= 0.6 is 0 Å². The van der Waals surface area contributed by atoms with Crippen LogP contribution in [0.15, 0.2) is 36.5 Å². The maximum atomic E-state index is 12.0. The number of nitrogen functional groups attached to an aromatic ring is 1. The van der Waals surface area contributed by atoms with Gasteiger partial charge in [0.25, 0.3) is 5.91 Å². The highest BCUT2D eigenvalue weighted by Crippen LogP contribution is 2.10. The number of nitrogens with one attached hydrogen (secondary N) is 1. The molecule has 0 spiro atoms. The second-order valence-electron chi connectivity index (χ2n) is 5.06. The van der Waals surface area contributed by atoms with E-state index in [1.165, 1.54) is 0 Å². The van der Waals surface area contributed by atoms with E-state index >= 15 is 0 Å². The smallest absolute Gasteiger partial charge is 0.271 e. The molecule has 1 aromatic heterocycles. The van der Waals surface area contributed by atoms with Crippen molar-refractivity contribution in [2.24, 2.45) is 5.92 Å². The van der Waals surface area contributed by atoms with Gasteiger partial charge in [-0.15, -0.1) is 0 Å². The van der Waals surface area contributed by atoms with Crippen molar-refractivity contribution in [1.82, 2.24) is 15.1 Å². The minimum absolute atomic E-state index is 0.128. The molecular weight excluding hydrogens is 268 g/mol. The lowest BCUT2D eigenvalue weighted by atomic mass is 10.1. The largest absolute Gasteiger partial charge is 0.399 e. The summed E-state index contributed by atoms with van der Waals surface area (Å²) in [6.07, 6.45) is 2.40. The van der Waals surface area contributed by atoms with E-state index in [1.807, 2.05) is 19.1 Å². The van der Waals surface area contributed by atoms with Gasteiger partial charge in [-0.2, -0.15) is 5.10 Å². The first-order valence-corrected chi connectivity index (χ1v) is 6.91. The van der Waals surface area contributed by atoms with Gasteiger partial charge in [-0.05, 0) is 42.7 Å². The van der Waals surface area contributed by atoms with Gasteiger partial charge in [0.1, 0.15) is 0 Å². The summed E-state index contributed by atoms with van der Waals surface area (Å²) in [5.74, 6) is 0.0205. The molecule has 1 heterocycles. The number of amides is 1. The van der Waals surface area contributed by atoms with Crippen molar-refractivity contribution in [3.8, 4) is 5.69 Å². The Bertz CT molecular complexity index is 592. The molecule has 1 aromatic carbocycles. The maximum absolute atomic E-state index is 12.0. The zero-order valence-corrected chi connectivity index (χ0v) is 12.0. The molecule has 0 aliphatic carbocycles. The van der Waals surface area contributed by atoms with E-state index in [-0.39, 0.29) is 18.4 Å². The number of aromatic nitrogens is 2. The standard InChI is InChI=1S/C15H20N4O2/c1-11(7-9-20)10-17-15(21)14-6-8-19(18-14)13-4-2-12(16)3-5-13/h2-6,8,11,20H,7,9-10,16H2,1H3,(H,17,21). The van der Waals surface area contributed by atoms with Crippen LogP contribution in [0.2, 0.25) is 0 Å². The van der Waals surface area contributed by atoms with E-state index in [1.54, 1.807) is 29.1 Å². The van der Waals surface area contributed by atoms with Gasteiger partial charge in [-0.25, -0.2) is 4.68 Å². The summed E-state index contributed by atoms with van der Waals surface area (Å²) >= 11 is 0. The SMILES string of the molecule is CC(CCO)CNC(=O)c1ccn(-c2ccc(N)cc2)n1. The van der Waals surface area contributed by atoms with Crippen molar-refractivity contribution in [3.63, 3.8) is 0 Å². The number of aliphatic hydroxyl groups excluding tert-OH is 1. The average molecular weight is 288 g/mol. The van der Waals surface area contributed by atoms with Crippen LogP contribution in [0, 0.1) is 5.92 Å². The normalized spacial score (nSPS) is 12.1. The topological polar surface area (TPSA) is 93.2 Å². The van der Waals surface area contributed by atoms with Gasteiger partial charge in [-0.3, -0.25) is 4.79 Å². The van der Waals surface area contributed by atoms with Crippen LogP contribution < -0.4 is 11.1 Å². The second-order valence-corrected chi connectivity index (χ2v) is 5.06. The van der Waals surface area contributed by atoms with E-state index in [0.29, 0.717) is 24.3 Å². The Morgan fingerprint density at radius 2 is 2.10 bits per heavy atom. The molecule has 112 valence electrons. The number of nitrogens with zero attached hydrogens (tertiary/aromatic N) is 2. The average Bonchev–Trinajstić information content (AvgIpc) is 2.96. The Morgan fingerprint density at radius 3 is 2.76 bits per heavy atom. The lowest BCUT2D eigenvalue weighted by molar-refractivity contribution is 0.0940. The fraction of sp³-hybridized carbons (Fsp3) is 0.333. The fourth-order valence-electron chi connectivity index (χ4n) is 1.90. The van der Waals surface area contributed by atoms with Gasteiger partial charge < -0.3 is 16.2 Å². The minimum atomic E-state index is -0.214. The Labute approximate surface area is 123 Å². The predicted molar refractivity (Wildman–Crippen MR) is 81.2 cm³/mol. The van der Waals surface area contributed by atoms with Crippen LogP contribution in [-0.2, 0) is 0 Å². The first-order valence-electron chi connectivity index (χ1n) is 6.91. The van der Waals surface area contributed by atoms with Crippen molar-refractivity contribution in [2.75, 3.05) is 18.9 Å². The zero-order valence-electron chi connectivity index (χ0n) is 12.0. The summed E-state index contributed by atoms with van der Waals surface area (Å²) < 4.78 is 1.63. The molecule has 0 aliphatic heterocycles. The first kappa shape index (κ1) is 15.1. The van der Waals surface area contributed by atoms with Crippen LogP contribution in [0.5, 0.6) is 0 Å². The number of aliphatic hydroxyl groups is 1. The molecule has 0 fully saturated rings. The molecule has 21 heavy (non-hydrogen) atoms. The molecular formula is C15H20N4O2. The Hall–Kier alpha value is -2.34. The van der Waals surface area contributed by atoms with E-state index in [0.717, 1.165) is 5.69 Å². The monoisotopic (exact) mass is 288 g/mol. The van der Waals surface area contributed by atoms with Gasteiger partial charge in [0.2, 0.25) is 0 Å². The highest BCUT2D eigenvalue weighted by Gasteiger charge is 2.11. The molecule has 1 unspecified atom stereocenters. The molecule has 1 atom stereocenters. The quantitative estimate of drug-likeness (QED) is 0.696. The highest BCUT2D eigenvalue weighted by atomic mass is 16.3. The van der Waals surface area contributed by atoms with Crippen molar-refractivity contribution in [3.05, 3.63) is 42.2 Å². The summed E-state index contributed by atoms with van der Waals surface area (Å²) in [6, 6.07) is 8.92. The Balaban J connectivity index is 1.99. The van der Waals surface area contributed by atoms with Crippen LogP contribution in [0.1, 0.15) is 23.8 Å². The third kappa shape index (κ3) is 4.06. The molecule has 6 nitrogen and oxygen atoms in total. The third-order valence-electron chi connectivity index (χ3n) is 3.21. The number of anilines is 1. The predicted octanol–water partition coefficient (Wildman–Crippen LogP) is 1.20. The molecule has 1 amide bonds. The van der Waals surface area contributed by atoms with Gasteiger partial charge in [0.15, 0.2) is 5.69 Å². The summed E-state index contributed by atoms with van der Waals surface area (Å²) in [7, 11) is 0. The second kappa shape index (κ2) is 6.90. The Morgan fingerprint density at radius 1 is 1.38 bits per heavy atom. The molecule has 4 N–H and O–H groups in total. The number of carbonyl (C=O) groups excluding carboxylic acids is 1. The van der Waals surface area contributed by atoms with E-state index in [4.69, 9.17) is 10.8 Å². The van der Waals surface area contributed by atoms with Crippen molar-refractivity contribution in [1.29, 1.82) is 0 Å². The first-order chi connectivity index (χ1) is 10.1. The van der Waals surface area contributed by atoms with Crippen LogP contribution in [-0.4, -0.2) is 33.9 Å². The molecule has 0 bridgehead atoms. The third-order valence-corrected chi connectivity index (χ3v) is 3.21. The summed E-state index contributed by atoms with van der Waals surface area (Å²) in [4.78, 5) is 12.0. The van der Waals surface area contributed by atoms with Crippen molar-refractivity contribution >= 4 is 11.6 Å². The summed E-state index contributed by atoms with van der Waals surface area (Å²) in [5, 5.41) is 15.9. The van der Waals surface area contributed by atoms with Crippen molar-refractivity contribution < 1.29 is 9.90 Å². The van der Waals surface area contributed by atoms with Crippen LogP contribution in [0.3, 0.4) is 0 Å². The van der Waals surface area contributed by atoms with E-state index in [9.17, 15) is 4.79 Å². The lowest BCUT2D eigenvalue weighted by Gasteiger charge is -2.09. The number of nitrogens with two attached hydrogens (primary N) is 1. The molecule has 0 saturated carbocycles. The summed E-state index contributed by atoms with van der Waals surface area (Å²) in [6.45, 7) is 2.63. The Kier molecular flexibility index (Phi) is 4.94. The van der Waals surface area contributed by atoms with Crippen LogP contribution in [0.4, 0.5) is 5.69 Å². The van der Waals surface area contributed by atoms with E-state index < -0.39 is 0 Å². The highest BCUT2D eigenvalue weighted by molar-refractivity contribution is 5.92. The number of carbonyl (C=O) groups is 1. The number of hydrogen-bond donors (Lipinski definition) is 3. The molecule has 6 heteroatoms. The molecule has 0 saturated heterocycles. The van der Waals surface area contributed by atoms with Gasteiger partial charge in [-0.1, -0.05) is 6.92 Å². The molecule has 0 aliphatic rings. The maximum Gasteiger partial charge on any atom is 0.271 e. The zero-order chi connectivity index (χ0) is 15.2. The van der Waals surface area contributed by atoms with Gasteiger partial charge in [0, 0.05) is 25.0 Å². The van der Waals surface area contributed by atoms with E-state index in [2.05, 4.69) is 10.4 Å². The van der Waals surface area contributed by atoms with Crippen LogP contribution in [0.25, 0.3) is 5.69 Å². The number of hydrogen-bond acceptors (Lipinski definition) is 4.